The second kappa shape index (κ2) is 6.39. The van der Waals surface area contributed by atoms with E-state index in [-0.39, 0.29) is 5.91 Å². The molecular formula is C20H24N4O. The number of nitrogens with zero attached hydrogens (tertiary/aromatic N) is 4. The molecule has 1 aliphatic heterocycles. The fraction of sp³-hybridized carbons (Fsp3) is 0.400. The number of likely N-dealkylation sites (tertiary alicyclic amines) is 1. The molecule has 3 heterocycles. The SMILES string of the molecule is Cc1cccc2cc(C(=O)N3CCC[C@@H](Cn4ccnc4)C3)n(C)c12. The van der Waals surface area contributed by atoms with Gasteiger partial charge in [0.2, 0.25) is 0 Å². The fourth-order valence-corrected chi connectivity index (χ4v) is 4.08. The number of para-hydroxylation sites is 1. The Balaban J connectivity index is 1.56. The van der Waals surface area contributed by atoms with E-state index >= 15 is 0 Å². The van der Waals surface area contributed by atoms with Crippen LogP contribution in [0.4, 0.5) is 0 Å². The molecule has 1 fully saturated rings. The van der Waals surface area contributed by atoms with E-state index in [1.807, 2.05) is 47.4 Å². The van der Waals surface area contributed by atoms with E-state index in [1.165, 1.54) is 5.56 Å². The predicted octanol–water partition coefficient (Wildman–Crippen LogP) is 3.24. The summed E-state index contributed by atoms with van der Waals surface area (Å²) in [7, 11) is 2.00. The summed E-state index contributed by atoms with van der Waals surface area (Å²) in [6.45, 7) is 4.69. The van der Waals surface area contributed by atoms with Crippen molar-refractivity contribution in [1.82, 2.24) is 19.0 Å². The van der Waals surface area contributed by atoms with E-state index in [2.05, 4.69) is 28.6 Å². The summed E-state index contributed by atoms with van der Waals surface area (Å²) in [6, 6.07) is 8.26. The molecule has 0 spiro atoms. The molecule has 3 aromatic rings. The van der Waals surface area contributed by atoms with E-state index < -0.39 is 0 Å². The molecule has 0 aliphatic carbocycles. The molecule has 0 unspecified atom stereocenters. The summed E-state index contributed by atoms with van der Waals surface area (Å²) in [5, 5.41) is 1.14. The van der Waals surface area contributed by atoms with Crippen LogP contribution in [0.3, 0.4) is 0 Å². The highest BCUT2D eigenvalue weighted by Crippen LogP contribution is 2.25. The van der Waals surface area contributed by atoms with Crippen LogP contribution in [0, 0.1) is 12.8 Å². The number of fused-ring (bicyclic) bond motifs is 1. The van der Waals surface area contributed by atoms with E-state index in [9.17, 15) is 4.79 Å². The fourth-order valence-electron chi connectivity index (χ4n) is 4.08. The van der Waals surface area contributed by atoms with Crippen molar-refractivity contribution in [3.63, 3.8) is 0 Å². The largest absolute Gasteiger partial charge is 0.339 e. The maximum atomic E-state index is 13.1. The number of carbonyl (C=O) groups excluding carboxylic acids is 1. The Bertz CT molecular complexity index is 894. The molecule has 0 saturated carbocycles. The first-order chi connectivity index (χ1) is 12.1. The maximum Gasteiger partial charge on any atom is 0.270 e. The topological polar surface area (TPSA) is 43.1 Å². The van der Waals surface area contributed by atoms with Gasteiger partial charge in [0.05, 0.1) is 11.8 Å². The molecule has 2 aromatic heterocycles. The summed E-state index contributed by atoms with van der Waals surface area (Å²) in [5.74, 6) is 0.636. The average molecular weight is 336 g/mol. The van der Waals surface area contributed by atoms with Crippen molar-refractivity contribution in [2.75, 3.05) is 13.1 Å². The van der Waals surface area contributed by atoms with Crippen LogP contribution in [0.2, 0.25) is 0 Å². The first-order valence-corrected chi connectivity index (χ1v) is 8.93. The smallest absolute Gasteiger partial charge is 0.270 e. The molecule has 130 valence electrons. The Morgan fingerprint density at radius 3 is 3.00 bits per heavy atom. The second-order valence-corrected chi connectivity index (χ2v) is 7.12. The Kier molecular flexibility index (Phi) is 4.07. The van der Waals surface area contributed by atoms with Gasteiger partial charge in [0.1, 0.15) is 5.69 Å². The standard InChI is InChI=1S/C20H24N4O/c1-15-5-3-7-17-11-18(22(2)19(15)17)20(25)24-9-4-6-16(13-24)12-23-10-8-21-14-23/h3,5,7-8,10-11,14,16H,4,6,9,12-13H2,1-2H3/t16-/m0/s1. The lowest BCUT2D eigenvalue weighted by Gasteiger charge is -2.33. The third-order valence-corrected chi connectivity index (χ3v) is 5.31. The third kappa shape index (κ3) is 2.95. The zero-order valence-corrected chi connectivity index (χ0v) is 14.9. The minimum Gasteiger partial charge on any atom is -0.339 e. The molecule has 1 saturated heterocycles. The Hall–Kier alpha value is -2.56. The Labute approximate surface area is 147 Å². The molecule has 0 radical (unpaired) electrons. The zero-order chi connectivity index (χ0) is 17.4. The molecule has 0 bridgehead atoms. The highest BCUT2D eigenvalue weighted by molar-refractivity contribution is 5.99. The summed E-state index contributed by atoms with van der Waals surface area (Å²) in [5.41, 5.74) is 3.14. The van der Waals surface area contributed by atoms with Gasteiger partial charge in [-0.25, -0.2) is 4.98 Å². The Morgan fingerprint density at radius 2 is 2.24 bits per heavy atom. The molecule has 1 amide bonds. The van der Waals surface area contributed by atoms with Gasteiger partial charge in [-0.15, -0.1) is 0 Å². The van der Waals surface area contributed by atoms with Crippen molar-refractivity contribution < 1.29 is 4.79 Å². The summed E-state index contributed by atoms with van der Waals surface area (Å²) < 4.78 is 4.16. The molecule has 5 heteroatoms. The van der Waals surface area contributed by atoms with Crippen LogP contribution in [0.1, 0.15) is 28.9 Å². The van der Waals surface area contributed by atoms with Gasteiger partial charge in [-0.1, -0.05) is 18.2 Å². The van der Waals surface area contributed by atoms with E-state index in [0.29, 0.717) is 5.92 Å². The van der Waals surface area contributed by atoms with Crippen LogP contribution >= 0.6 is 0 Å². The molecular weight excluding hydrogens is 312 g/mol. The number of benzene rings is 1. The van der Waals surface area contributed by atoms with Crippen molar-refractivity contribution in [2.24, 2.45) is 13.0 Å². The highest BCUT2D eigenvalue weighted by Gasteiger charge is 2.26. The average Bonchev–Trinajstić information content (AvgIpc) is 3.23. The summed E-state index contributed by atoms with van der Waals surface area (Å²) >= 11 is 0. The van der Waals surface area contributed by atoms with Gasteiger partial charge in [0.15, 0.2) is 0 Å². The van der Waals surface area contributed by atoms with Crippen molar-refractivity contribution in [3.05, 3.63) is 54.2 Å². The quantitative estimate of drug-likeness (QED) is 0.737. The van der Waals surface area contributed by atoms with Crippen LogP contribution in [0.25, 0.3) is 10.9 Å². The molecule has 1 aliphatic rings. The second-order valence-electron chi connectivity index (χ2n) is 7.12. The monoisotopic (exact) mass is 336 g/mol. The summed E-state index contributed by atoms with van der Waals surface area (Å²) in [4.78, 5) is 19.3. The third-order valence-electron chi connectivity index (χ3n) is 5.31. The lowest BCUT2D eigenvalue weighted by Crippen LogP contribution is -2.41. The van der Waals surface area contributed by atoms with Gasteiger partial charge in [-0.3, -0.25) is 4.79 Å². The maximum absolute atomic E-state index is 13.1. The number of aryl methyl sites for hydroxylation is 2. The van der Waals surface area contributed by atoms with Crippen LogP contribution in [0.15, 0.2) is 43.0 Å². The van der Waals surface area contributed by atoms with Gasteiger partial charge in [0.25, 0.3) is 5.91 Å². The van der Waals surface area contributed by atoms with E-state index in [4.69, 9.17) is 0 Å². The lowest BCUT2D eigenvalue weighted by molar-refractivity contribution is 0.0653. The normalized spacial score (nSPS) is 18.0. The lowest BCUT2D eigenvalue weighted by atomic mass is 9.97. The van der Waals surface area contributed by atoms with Crippen LogP contribution in [0.5, 0.6) is 0 Å². The number of aromatic nitrogens is 3. The van der Waals surface area contributed by atoms with Crippen LogP contribution in [-0.2, 0) is 13.6 Å². The molecule has 25 heavy (non-hydrogen) atoms. The van der Waals surface area contributed by atoms with Gasteiger partial charge >= 0.3 is 0 Å². The number of imidazole rings is 1. The number of carbonyl (C=O) groups is 1. The predicted molar refractivity (Wildman–Crippen MR) is 98.5 cm³/mol. The van der Waals surface area contributed by atoms with Gasteiger partial charge in [0, 0.05) is 44.5 Å². The zero-order valence-electron chi connectivity index (χ0n) is 14.9. The van der Waals surface area contributed by atoms with Crippen molar-refractivity contribution >= 4 is 16.8 Å². The van der Waals surface area contributed by atoms with E-state index in [0.717, 1.165) is 49.1 Å². The Morgan fingerprint density at radius 1 is 1.36 bits per heavy atom. The van der Waals surface area contributed by atoms with Crippen molar-refractivity contribution in [3.8, 4) is 0 Å². The number of hydrogen-bond acceptors (Lipinski definition) is 2. The molecule has 1 aromatic carbocycles. The first-order valence-electron chi connectivity index (χ1n) is 8.93. The number of piperidine rings is 1. The van der Waals surface area contributed by atoms with Gasteiger partial charge < -0.3 is 14.0 Å². The molecule has 0 N–H and O–H groups in total. The number of rotatable bonds is 3. The minimum atomic E-state index is 0.147. The molecule has 1 atom stereocenters. The van der Waals surface area contributed by atoms with Crippen LogP contribution < -0.4 is 0 Å². The van der Waals surface area contributed by atoms with E-state index in [1.54, 1.807) is 0 Å². The number of hydrogen-bond donors (Lipinski definition) is 0. The molecule has 4 rings (SSSR count). The first kappa shape index (κ1) is 15.9. The number of amides is 1. The van der Waals surface area contributed by atoms with Gasteiger partial charge in [-0.05, 0) is 37.3 Å². The minimum absolute atomic E-state index is 0.147. The van der Waals surface area contributed by atoms with Gasteiger partial charge in [-0.2, -0.15) is 0 Å². The summed E-state index contributed by atoms with van der Waals surface area (Å²) in [6.07, 6.45) is 7.88. The van der Waals surface area contributed by atoms with Crippen molar-refractivity contribution in [2.45, 2.75) is 26.3 Å². The highest BCUT2D eigenvalue weighted by atomic mass is 16.2. The molecule has 5 nitrogen and oxygen atoms in total. The van der Waals surface area contributed by atoms with Crippen LogP contribution in [-0.4, -0.2) is 38.0 Å². The van der Waals surface area contributed by atoms with Crippen molar-refractivity contribution in [1.29, 1.82) is 0 Å².